The molecule has 0 radical (unpaired) electrons. The highest BCUT2D eigenvalue weighted by molar-refractivity contribution is 5.70. The normalized spacial score (nSPS) is 12.7. The summed E-state index contributed by atoms with van der Waals surface area (Å²) in [5.74, 6) is -0.621. The Morgan fingerprint density at radius 1 is 0.407 bits per heavy atom. The predicted molar refractivity (Wildman–Crippen MR) is 256 cm³/mol. The van der Waals surface area contributed by atoms with E-state index in [9.17, 15) is 14.7 Å². The zero-order valence-electron chi connectivity index (χ0n) is 39.0. The topological polar surface area (TPSA) is 72.8 Å². The lowest BCUT2D eigenvalue weighted by Crippen LogP contribution is -2.28. The first-order chi connectivity index (χ1) is 29.1. The Morgan fingerprint density at radius 3 is 1.10 bits per heavy atom. The molecule has 0 aliphatic heterocycles. The van der Waals surface area contributed by atoms with Gasteiger partial charge in [0, 0.05) is 12.8 Å². The van der Waals surface area contributed by atoms with Gasteiger partial charge in [-0.2, -0.15) is 0 Å². The van der Waals surface area contributed by atoms with Crippen LogP contribution in [0.15, 0.2) is 60.8 Å². The maximum Gasteiger partial charge on any atom is 0.306 e. The summed E-state index contributed by atoms with van der Waals surface area (Å²) in [5.41, 5.74) is 0. The van der Waals surface area contributed by atoms with Crippen LogP contribution in [0.5, 0.6) is 0 Å². The van der Waals surface area contributed by atoms with Gasteiger partial charge >= 0.3 is 11.9 Å². The molecule has 0 aromatic carbocycles. The fraction of sp³-hybridized carbons (Fsp3) is 0.778. The lowest BCUT2D eigenvalue weighted by atomic mass is 10.0. The van der Waals surface area contributed by atoms with Crippen LogP contribution < -0.4 is 0 Å². The van der Waals surface area contributed by atoms with Crippen LogP contribution in [0.4, 0.5) is 0 Å². The molecule has 0 fully saturated rings. The Hall–Kier alpha value is -2.40. The number of carbonyl (C=O) groups is 2. The highest BCUT2D eigenvalue weighted by Crippen LogP contribution is 2.16. The van der Waals surface area contributed by atoms with Crippen molar-refractivity contribution in [3.8, 4) is 0 Å². The van der Waals surface area contributed by atoms with Crippen molar-refractivity contribution in [3.05, 3.63) is 60.8 Å². The number of rotatable bonds is 46. The first-order valence-corrected chi connectivity index (χ1v) is 25.3. The minimum atomic E-state index is -0.790. The molecule has 0 rings (SSSR count). The molecule has 1 unspecified atom stereocenters. The van der Waals surface area contributed by atoms with E-state index < -0.39 is 6.10 Å². The molecule has 0 aromatic rings. The maximum atomic E-state index is 12.2. The van der Waals surface area contributed by atoms with Gasteiger partial charge in [-0.25, -0.2) is 0 Å². The molecule has 0 spiro atoms. The number of esters is 2. The van der Waals surface area contributed by atoms with E-state index in [0.717, 1.165) is 77.0 Å². The molecule has 5 heteroatoms. The number of hydrogen-bond donors (Lipinski definition) is 1. The van der Waals surface area contributed by atoms with Crippen LogP contribution in [0.1, 0.15) is 251 Å². The lowest BCUT2D eigenvalue weighted by molar-refractivity contribution is -0.161. The number of allylic oxidation sites excluding steroid dienone is 10. The van der Waals surface area contributed by atoms with E-state index in [2.05, 4.69) is 74.6 Å². The number of aliphatic hydroxyl groups is 1. The first-order valence-electron chi connectivity index (χ1n) is 25.3. The van der Waals surface area contributed by atoms with E-state index in [1.807, 2.05) is 0 Å². The second-order valence-electron chi connectivity index (χ2n) is 16.9. The molecule has 0 heterocycles. The number of carbonyl (C=O) groups excluding carboxylic acids is 2. The van der Waals surface area contributed by atoms with E-state index >= 15 is 0 Å². The van der Waals surface area contributed by atoms with Crippen LogP contribution in [0.3, 0.4) is 0 Å². The van der Waals surface area contributed by atoms with Gasteiger partial charge in [0.2, 0.25) is 0 Å². The minimum absolute atomic E-state index is 0.0787. The van der Waals surface area contributed by atoms with Gasteiger partial charge in [0.1, 0.15) is 6.61 Å². The molecule has 1 N–H and O–H groups in total. The Balaban J connectivity index is 3.51. The fourth-order valence-electron chi connectivity index (χ4n) is 7.29. The molecule has 0 aliphatic rings. The Labute approximate surface area is 366 Å². The molecular formula is C54H96O5. The van der Waals surface area contributed by atoms with Crippen LogP contribution in [0.25, 0.3) is 0 Å². The van der Waals surface area contributed by atoms with Gasteiger partial charge in [0.15, 0.2) is 6.10 Å². The van der Waals surface area contributed by atoms with Crippen LogP contribution in [-0.2, 0) is 19.1 Å². The number of unbranched alkanes of at least 4 members (excludes halogenated alkanes) is 28. The zero-order valence-corrected chi connectivity index (χ0v) is 39.0. The van der Waals surface area contributed by atoms with E-state index in [4.69, 9.17) is 9.47 Å². The Kier molecular flexibility index (Phi) is 47.9. The highest BCUT2D eigenvalue weighted by atomic mass is 16.6. The third-order valence-electron chi connectivity index (χ3n) is 11.1. The van der Waals surface area contributed by atoms with Crippen LogP contribution >= 0.6 is 0 Å². The van der Waals surface area contributed by atoms with Crippen molar-refractivity contribution in [3.63, 3.8) is 0 Å². The largest absolute Gasteiger partial charge is 0.462 e. The van der Waals surface area contributed by atoms with Crippen molar-refractivity contribution < 1.29 is 24.2 Å². The molecule has 1 atom stereocenters. The summed E-state index contributed by atoms with van der Waals surface area (Å²) in [5, 5.41) is 9.61. The molecule has 0 saturated carbocycles. The summed E-state index contributed by atoms with van der Waals surface area (Å²) in [6.45, 7) is 4.02. The van der Waals surface area contributed by atoms with Crippen molar-refractivity contribution >= 4 is 11.9 Å². The van der Waals surface area contributed by atoms with Crippen LogP contribution in [0.2, 0.25) is 0 Å². The van der Waals surface area contributed by atoms with Gasteiger partial charge < -0.3 is 14.6 Å². The molecule has 0 bridgehead atoms. The standard InChI is InChI=1S/C54H96O5/c1-3-5-7-9-11-13-15-17-19-21-23-24-25-26-27-28-29-31-32-34-36-38-40-42-44-46-48-53(56)58-51-52(50-55)59-54(57)49-47-45-43-41-39-37-35-33-30-22-20-18-16-14-12-10-8-6-4-2/h6,8,12,14,18,20,30,33,37,39,52,55H,3-5,7,9-11,13,15-17,19,21-29,31-32,34-36,38,40-51H2,1-2H3/b8-6-,14-12-,20-18-,33-30-,39-37-. The predicted octanol–water partition coefficient (Wildman–Crippen LogP) is 16.7. The number of hydrogen-bond acceptors (Lipinski definition) is 5. The van der Waals surface area contributed by atoms with Crippen molar-refractivity contribution in [2.75, 3.05) is 13.2 Å². The van der Waals surface area contributed by atoms with Gasteiger partial charge in [-0.05, 0) is 57.8 Å². The summed E-state index contributed by atoms with van der Waals surface area (Å²) in [4.78, 5) is 24.4. The van der Waals surface area contributed by atoms with Crippen molar-refractivity contribution in [2.24, 2.45) is 0 Å². The van der Waals surface area contributed by atoms with E-state index in [1.54, 1.807) is 0 Å². The molecule has 342 valence electrons. The van der Waals surface area contributed by atoms with Crippen molar-refractivity contribution in [1.29, 1.82) is 0 Å². The second-order valence-corrected chi connectivity index (χ2v) is 16.9. The fourth-order valence-corrected chi connectivity index (χ4v) is 7.29. The molecule has 5 nitrogen and oxygen atoms in total. The molecule has 0 saturated heterocycles. The average molecular weight is 825 g/mol. The van der Waals surface area contributed by atoms with E-state index in [-0.39, 0.29) is 25.2 Å². The minimum Gasteiger partial charge on any atom is -0.462 e. The summed E-state index contributed by atoms with van der Waals surface area (Å²) in [7, 11) is 0. The van der Waals surface area contributed by atoms with Crippen molar-refractivity contribution in [2.45, 2.75) is 258 Å². The summed E-state index contributed by atoms with van der Waals surface area (Å²) in [6, 6.07) is 0. The van der Waals surface area contributed by atoms with Gasteiger partial charge in [0.05, 0.1) is 6.61 Å². The van der Waals surface area contributed by atoms with E-state index in [1.165, 1.54) is 148 Å². The average Bonchev–Trinajstić information content (AvgIpc) is 3.24. The second kappa shape index (κ2) is 50.0. The number of aliphatic hydroxyl groups excluding tert-OH is 1. The molecular weight excluding hydrogens is 729 g/mol. The molecule has 0 aliphatic carbocycles. The van der Waals surface area contributed by atoms with Gasteiger partial charge in [-0.3, -0.25) is 9.59 Å². The molecule has 0 aromatic heterocycles. The first kappa shape index (κ1) is 56.6. The maximum absolute atomic E-state index is 12.2. The number of ether oxygens (including phenoxy) is 2. The summed E-state index contributed by atoms with van der Waals surface area (Å²) >= 11 is 0. The van der Waals surface area contributed by atoms with Crippen LogP contribution in [0, 0.1) is 0 Å². The Morgan fingerprint density at radius 2 is 0.729 bits per heavy atom. The smallest absolute Gasteiger partial charge is 0.306 e. The van der Waals surface area contributed by atoms with Gasteiger partial charge in [-0.1, -0.05) is 242 Å². The monoisotopic (exact) mass is 825 g/mol. The van der Waals surface area contributed by atoms with E-state index in [0.29, 0.717) is 12.8 Å². The van der Waals surface area contributed by atoms with Crippen LogP contribution in [-0.4, -0.2) is 36.4 Å². The molecule has 59 heavy (non-hydrogen) atoms. The molecule has 0 amide bonds. The third-order valence-corrected chi connectivity index (χ3v) is 11.1. The summed E-state index contributed by atoms with van der Waals surface area (Å²) in [6.07, 6.45) is 66.1. The Bertz CT molecular complexity index is 1020. The lowest BCUT2D eigenvalue weighted by Gasteiger charge is -2.15. The van der Waals surface area contributed by atoms with Crippen molar-refractivity contribution in [1.82, 2.24) is 0 Å². The zero-order chi connectivity index (χ0) is 42.8. The summed E-state index contributed by atoms with van der Waals surface area (Å²) < 4.78 is 10.7. The highest BCUT2D eigenvalue weighted by Gasteiger charge is 2.16. The van der Waals surface area contributed by atoms with Gasteiger partial charge in [-0.15, -0.1) is 0 Å². The SMILES string of the molecule is CC/C=C\C/C=C\C/C=C\C/C=C\C/C=C\CCCCCC(=O)OC(CO)COC(=O)CCCCCCCCCCCCCCCCCCCCCCCCCCCC. The third kappa shape index (κ3) is 48.1. The quantitative estimate of drug-likeness (QED) is 0.0376. The van der Waals surface area contributed by atoms with Gasteiger partial charge in [0.25, 0.3) is 0 Å².